The minimum absolute atomic E-state index is 0.0291. The van der Waals surface area contributed by atoms with Gasteiger partial charge in [0.2, 0.25) is 11.8 Å². The number of rotatable bonds is 4. The van der Waals surface area contributed by atoms with Gasteiger partial charge in [-0.2, -0.15) is 0 Å². The topological polar surface area (TPSA) is 53.1 Å². The number of ether oxygens (including phenoxy) is 1. The molecule has 6 nitrogen and oxygen atoms in total. The molecule has 6 heteroatoms. The normalized spacial score (nSPS) is 18.1. The van der Waals surface area contributed by atoms with Crippen molar-refractivity contribution in [2.45, 2.75) is 26.2 Å². The number of carbonyl (C=O) groups excluding carboxylic acids is 2. The first-order valence-electron chi connectivity index (χ1n) is 9.14. The third-order valence-corrected chi connectivity index (χ3v) is 4.92. The van der Waals surface area contributed by atoms with Crippen molar-refractivity contribution in [2.75, 3.05) is 55.7 Å². The molecule has 0 N–H and O–H groups in total. The molecule has 0 spiro atoms. The molecule has 1 aromatic rings. The summed E-state index contributed by atoms with van der Waals surface area (Å²) in [5, 5.41) is 0. The lowest BCUT2D eigenvalue weighted by Crippen LogP contribution is -2.46. The average Bonchev–Trinajstić information content (AvgIpc) is 2.67. The second-order valence-electron chi connectivity index (χ2n) is 6.66. The maximum absolute atomic E-state index is 12.5. The van der Waals surface area contributed by atoms with Crippen LogP contribution in [-0.4, -0.2) is 62.7 Å². The highest BCUT2D eigenvalue weighted by Crippen LogP contribution is 2.24. The molecule has 2 aliphatic rings. The average molecular weight is 345 g/mol. The Hall–Kier alpha value is -2.08. The number of hydrogen-bond donors (Lipinski definition) is 0. The lowest BCUT2D eigenvalue weighted by Gasteiger charge is -2.31. The van der Waals surface area contributed by atoms with Crippen LogP contribution in [0.5, 0.6) is 0 Å². The Bertz CT molecular complexity index is 590. The smallest absolute Gasteiger partial charge is 0.242 e. The molecule has 0 radical (unpaired) electrons. The maximum Gasteiger partial charge on any atom is 0.242 e. The first-order valence-corrected chi connectivity index (χ1v) is 9.14. The zero-order valence-corrected chi connectivity index (χ0v) is 14.9. The second-order valence-corrected chi connectivity index (χ2v) is 6.66. The van der Waals surface area contributed by atoms with Crippen LogP contribution in [0.15, 0.2) is 24.3 Å². The van der Waals surface area contributed by atoms with Crippen LogP contribution < -0.4 is 9.80 Å². The molecular formula is C19H27N3O3. The van der Waals surface area contributed by atoms with Gasteiger partial charge >= 0.3 is 0 Å². The summed E-state index contributed by atoms with van der Waals surface area (Å²) in [5.41, 5.74) is 1.96. The predicted octanol–water partition coefficient (Wildman–Crippen LogP) is 1.89. The summed E-state index contributed by atoms with van der Waals surface area (Å²) in [6.45, 7) is 6.09. The molecule has 3 rings (SSSR count). The Balaban J connectivity index is 1.67. The van der Waals surface area contributed by atoms with Gasteiger partial charge in [-0.15, -0.1) is 0 Å². The van der Waals surface area contributed by atoms with Gasteiger partial charge in [-0.3, -0.25) is 9.59 Å². The molecule has 0 atom stereocenters. The highest BCUT2D eigenvalue weighted by Gasteiger charge is 2.22. The largest absolute Gasteiger partial charge is 0.378 e. The van der Waals surface area contributed by atoms with Gasteiger partial charge in [0.25, 0.3) is 0 Å². The summed E-state index contributed by atoms with van der Waals surface area (Å²) in [4.78, 5) is 30.2. The van der Waals surface area contributed by atoms with Crippen LogP contribution in [0, 0.1) is 0 Å². The Kier molecular flexibility index (Phi) is 5.91. The molecule has 2 saturated heterocycles. The van der Waals surface area contributed by atoms with Crippen LogP contribution in [0.2, 0.25) is 0 Å². The molecule has 0 saturated carbocycles. The summed E-state index contributed by atoms with van der Waals surface area (Å²) in [7, 11) is 0. The lowest BCUT2D eigenvalue weighted by atomic mass is 10.1. The molecule has 136 valence electrons. The fourth-order valence-corrected chi connectivity index (χ4v) is 3.43. The highest BCUT2D eigenvalue weighted by atomic mass is 16.5. The minimum Gasteiger partial charge on any atom is -0.378 e. The molecule has 1 aromatic carbocycles. The van der Waals surface area contributed by atoms with Gasteiger partial charge in [-0.1, -0.05) is 0 Å². The van der Waals surface area contributed by atoms with Crippen LogP contribution in [0.4, 0.5) is 11.4 Å². The van der Waals surface area contributed by atoms with E-state index in [1.165, 1.54) is 31.9 Å². The van der Waals surface area contributed by atoms with Crippen LogP contribution >= 0.6 is 0 Å². The van der Waals surface area contributed by atoms with Gasteiger partial charge in [-0.05, 0) is 43.5 Å². The Morgan fingerprint density at radius 2 is 1.64 bits per heavy atom. The van der Waals surface area contributed by atoms with E-state index in [0.29, 0.717) is 26.3 Å². The molecule has 2 heterocycles. The van der Waals surface area contributed by atoms with Crippen LogP contribution in [0.1, 0.15) is 26.2 Å². The van der Waals surface area contributed by atoms with Gasteiger partial charge in [0.15, 0.2) is 0 Å². The first-order chi connectivity index (χ1) is 12.1. The van der Waals surface area contributed by atoms with E-state index in [2.05, 4.69) is 17.0 Å². The van der Waals surface area contributed by atoms with Gasteiger partial charge in [-0.25, -0.2) is 0 Å². The van der Waals surface area contributed by atoms with Gasteiger partial charge in [0, 0.05) is 44.5 Å². The molecule has 0 aliphatic carbocycles. The summed E-state index contributed by atoms with van der Waals surface area (Å²) < 4.78 is 5.28. The SMILES string of the molecule is CC(=O)N(CC(=O)N1CCOCC1)c1ccc(N2CCCCC2)cc1. The van der Waals surface area contributed by atoms with Crippen LogP contribution in [-0.2, 0) is 14.3 Å². The van der Waals surface area contributed by atoms with E-state index in [1.807, 2.05) is 12.1 Å². The van der Waals surface area contributed by atoms with Crippen molar-refractivity contribution >= 4 is 23.2 Å². The monoisotopic (exact) mass is 345 g/mol. The zero-order chi connectivity index (χ0) is 17.6. The molecule has 0 unspecified atom stereocenters. The van der Waals surface area contributed by atoms with Crippen LogP contribution in [0.3, 0.4) is 0 Å². The van der Waals surface area contributed by atoms with Gasteiger partial charge in [0.05, 0.1) is 13.2 Å². The summed E-state index contributed by atoms with van der Waals surface area (Å²) >= 11 is 0. The Morgan fingerprint density at radius 3 is 2.24 bits per heavy atom. The second kappa shape index (κ2) is 8.34. The lowest BCUT2D eigenvalue weighted by molar-refractivity contribution is -0.134. The van der Waals surface area contributed by atoms with E-state index in [9.17, 15) is 9.59 Å². The number of nitrogens with zero attached hydrogens (tertiary/aromatic N) is 3. The summed E-state index contributed by atoms with van der Waals surface area (Å²) in [5.74, 6) is -0.147. The number of carbonyl (C=O) groups is 2. The highest BCUT2D eigenvalue weighted by molar-refractivity contribution is 5.97. The zero-order valence-electron chi connectivity index (χ0n) is 14.9. The predicted molar refractivity (Wildman–Crippen MR) is 97.9 cm³/mol. The third kappa shape index (κ3) is 4.51. The molecule has 2 amide bonds. The molecule has 0 bridgehead atoms. The van der Waals surface area contributed by atoms with Crippen molar-refractivity contribution in [3.8, 4) is 0 Å². The van der Waals surface area contributed by atoms with E-state index < -0.39 is 0 Å². The quantitative estimate of drug-likeness (QED) is 0.836. The van der Waals surface area contributed by atoms with Crippen molar-refractivity contribution < 1.29 is 14.3 Å². The van der Waals surface area contributed by atoms with Crippen molar-refractivity contribution in [1.82, 2.24) is 4.90 Å². The molecule has 25 heavy (non-hydrogen) atoms. The molecule has 2 fully saturated rings. The Labute approximate surface area is 149 Å². The fourth-order valence-electron chi connectivity index (χ4n) is 3.43. The van der Waals surface area contributed by atoms with E-state index in [1.54, 1.807) is 9.80 Å². The number of benzene rings is 1. The molecule has 0 aromatic heterocycles. The summed E-state index contributed by atoms with van der Waals surface area (Å²) in [6, 6.07) is 7.99. The van der Waals surface area contributed by atoms with Gasteiger partial charge in [0.1, 0.15) is 6.54 Å². The number of piperidine rings is 1. The van der Waals surface area contributed by atoms with Gasteiger partial charge < -0.3 is 19.4 Å². The van der Waals surface area contributed by atoms with Crippen LogP contribution in [0.25, 0.3) is 0 Å². The first kappa shape index (κ1) is 17.7. The number of anilines is 2. The number of morpholine rings is 1. The van der Waals surface area contributed by atoms with Crippen molar-refractivity contribution in [3.05, 3.63) is 24.3 Å². The van der Waals surface area contributed by atoms with Crippen molar-refractivity contribution in [2.24, 2.45) is 0 Å². The molecular weight excluding hydrogens is 318 g/mol. The standard InChI is InChI=1S/C19H27N3O3/c1-16(23)22(15-19(24)21-11-13-25-14-12-21)18-7-5-17(6-8-18)20-9-3-2-4-10-20/h5-8H,2-4,9-15H2,1H3. The third-order valence-electron chi connectivity index (χ3n) is 4.92. The Morgan fingerprint density at radius 1 is 1.00 bits per heavy atom. The minimum atomic E-state index is -0.118. The molecule has 2 aliphatic heterocycles. The van der Waals surface area contributed by atoms with E-state index in [-0.39, 0.29) is 18.4 Å². The summed E-state index contributed by atoms with van der Waals surface area (Å²) in [6.07, 6.45) is 3.76. The van der Waals surface area contributed by atoms with Crippen molar-refractivity contribution in [3.63, 3.8) is 0 Å². The maximum atomic E-state index is 12.5. The number of hydrogen-bond acceptors (Lipinski definition) is 4. The van der Waals surface area contributed by atoms with Crippen molar-refractivity contribution in [1.29, 1.82) is 0 Å². The van der Waals surface area contributed by atoms with E-state index in [4.69, 9.17) is 4.74 Å². The fraction of sp³-hybridized carbons (Fsp3) is 0.579. The van der Waals surface area contributed by atoms with E-state index >= 15 is 0 Å². The van der Waals surface area contributed by atoms with E-state index in [0.717, 1.165) is 18.8 Å². The number of amides is 2.